The number of benzene rings is 2. The summed E-state index contributed by atoms with van der Waals surface area (Å²) in [4.78, 5) is 18.6. The van der Waals surface area contributed by atoms with E-state index in [0.717, 1.165) is 18.7 Å². The number of amides is 1. The molecule has 3 aromatic rings. The quantitative estimate of drug-likeness (QED) is 0.501. The zero-order valence-corrected chi connectivity index (χ0v) is 18.5. The van der Waals surface area contributed by atoms with Crippen LogP contribution in [0.25, 0.3) is 6.08 Å². The first-order valence-electron chi connectivity index (χ1n) is 11.0. The van der Waals surface area contributed by atoms with Crippen LogP contribution in [0.3, 0.4) is 0 Å². The maximum absolute atomic E-state index is 14.4. The van der Waals surface area contributed by atoms with Crippen LogP contribution in [0.15, 0.2) is 73.1 Å². The van der Waals surface area contributed by atoms with Crippen molar-refractivity contribution in [1.29, 1.82) is 0 Å². The number of nitrogens with one attached hydrogen (secondary N) is 1. The molecule has 4 rings (SSSR count). The Kier molecular flexibility index (Phi) is 7.95. The fraction of sp³-hybridized carbons (Fsp3) is 0.231. The molecule has 1 aliphatic rings. The highest BCUT2D eigenvalue weighted by molar-refractivity contribution is 5.91. The summed E-state index contributed by atoms with van der Waals surface area (Å²) in [5, 5.41) is 2.89. The van der Waals surface area contributed by atoms with E-state index in [0.29, 0.717) is 31.1 Å². The Balaban J connectivity index is 1.37. The second-order valence-corrected chi connectivity index (χ2v) is 7.77. The Bertz CT molecular complexity index is 1120. The van der Waals surface area contributed by atoms with Crippen molar-refractivity contribution in [3.05, 3.63) is 95.8 Å². The van der Waals surface area contributed by atoms with Crippen molar-refractivity contribution < 1.29 is 23.0 Å². The molecule has 1 unspecified atom stereocenters. The van der Waals surface area contributed by atoms with Gasteiger partial charge in [0, 0.05) is 31.9 Å². The van der Waals surface area contributed by atoms with E-state index in [1.807, 2.05) is 0 Å². The molecule has 8 heteroatoms. The lowest BCUT2D eigenvalue weighted by atomic mass is 10.0. The molecule has 1 N–H and O–H groups in total. The molecule has 6 nitrogen and oxygen atoms in total. The summed E-state index contributed by atoms with van der Waals surface area (Å²) in [7, 11) is 0. The second kappa shape index (κ2) is 11.5. The van der Waals surface area contributed by atoms with Gasteiger partial charge in [0.05, 0.1) is 25.5 Å². The maximum Gasteiger partial charge on any atom is 0.244 e. The van der Waals surface area contributed by atoms with Gasteiger partial charge >= 0.3 is 0 Å². The third-order valence-corrected chi connectivity index (χ3v) is 5.46. The summed E-state index contributed by atoms with van der Waals surface area (Å²) >= 11 is 0. The number of hydrogen-bond acceptors (Lipinski definition) is 5. The molecular formula is C26H25F2N3O3. The van der Waals surface area contributed by atoms with Gasteiger partial charge in [0.15, 0.2) is 11.6 Å². The molecule has 0 bridgehead atoms. The number of hydrogen-bond donors (Lipinski definition) is 1. The molecule has 1 amide bonds. The van der Waals surface area contributed by atoms with E-state index in [4.69, 9.17) is 9.47 Å². The van der Waals surface area contributed by atoms with Gasteiger partial charge in [-0.1, -0.05) is 18.2 Å². The van der Waals surface area contributed by atoms with Gasteiger partial charge in [-0.3, -0.25) is 14.7 Å². The zero-order chi connectivity index (χ0) is 23.8. The van der Waals surface area contributed by atoms with Crippen molar-refractivity contribution in [3.8, 4) is 11.5 Å². The summed E-state index contributed by atoms with van der Waals surface area (Å²) in [6, 6.07) is 14.0. The fourth-order valence-corrected chi connectivity index (χ4v) is 3.70. The van der Waals surface area contributed by atoms with E-state index < -0.39 is 5.82 Å². The number of rotatable bonds is 8. The van der Waals surface area contributed by atoms with Crippen LogP contribution < -0.4 is 10.1 Å². The molecule has 2 heterocycles. The third-order valence-electron chi connectivity index (χ3n) is 5.46. The van der Waals surface area contributed by atoms with Crippen molar-refractivity contribution in [2.75, 3.05) is 32.8 Å². The van der Waals surface area contributed by atoms with E-state index in [1.165, 1.54) is 42.6 Å². The minimum absolute atomic E-state index is 0.0715. The zero-order valence-electron chi connectivity index (χ0n) is 18.5. The van der Waals surface area contributed by atoms with Crippen molar-refractivity contribution in [3.63, 3.8) is 0 Å². The van der Waals surface area contributed by atoms with Crippen molar-refractivity contribution in [2.45, 2.75) is 6.04 Å². The SMILES string of the molecule is O=C(/C=C/c1ccc(Oc2cccnc2)c(F)c1)NCC(c1ccc(F)cc1)N1CCOCC1. The Morgan fingerprint density at radius 1 is 1.15 bits per heavy atom. The molecule has 1 aromatic heterocycles. The first-order valence-corrected chi connectivity index (χ1v) is 11.0. The molecule has 1 saturated heterocycles. The lowest BCUT2D eigenvalue weighted by molar-refractivity contribution is -0.116. The number of carbonyl (C=O) groups is 1. The van der Waals surface area contributed by atoms with E-state index in [9.17, 15) is 13.6 Å². The second-order valence-electron chi connectivity index (χ2n) is 7.77. The molecule has 0 saturated carbocycles. The number of halogens is 2. The van der Waals surface area contributed by atoms with Gasteiger partial charge in [-0.15, -0.1) is 0 Å². The van der Waals surface area contributed by atoms with Crippen LogP contribution in [0.4, 0.5) is 8.78 Å². The molecule has 0 spiro atoms. The van der Waals surface area contributed by atoms with Gasteiger partial charge in [-0.05, 0) is 53.6 Å². The van der Waals surface area contributed by atoms with Crippen LogP contribution in [0.1, 0.15) is 17.2 Å². The molecule has 34 heavy (non-hydrogen) atoms. The van der Waals surface area contributed by atoms with E-state index in [2.05, 4.69) is 15.2 Å². The number of nitrogens with zero attached hydrogens (tertiary/aromatic N) is 2. The van der Waals surface area contributed by atoms with Gasteiger partial charge in [-0.2, -0.15) is 0 Å². The number of ether oxygens (including phenoxy) is 2. The molecule has 1 atom stereocenters. The van der Waals surface area contributed by atoms with Crippen molar-refractivity contribution in [1.82, 2.24) is 15.2 Å². The first-order chi connectivity index (χ1) is 16.6. The van der Waals surface area contributed by atoms with Gasteiger partial charge in [0.2, 0.25) is 5.91 Å². The molecular weight excluding hydrogens is 440 g/mol. The molecule has 176 valence electrons. The van der Waals surface area contributed by atoms with E-state index in [1.54, 1.807) is 36.5 Å². The number of aromatic nitrogens is 1. The maximum atomic E-state index is 14.4. The highest BCUT2D eigenvalue weighted by Gasteiger charge is 2.23. The largest absolute Gasteiger partial charge is 0.453 e. The number of carbonyl (C=O) groups excluding carboxylic acids is 1. The van der Waals surface area contributed by atoms with Crippen molar-refractivity contribution in [2.24, 2.45) is 0 Å². The minimum Gasteiger partial charge on any atom is -0.453 e. The number of pyridine rings is 1. The van der Waals surface area contributed by atoms with Crippen LogP contribution in [0, 0.1) is 11.6 Å². The molecule has 2 aromatic carbocycles. The number of morpholine rings is 1. The smallest absolute Gasteiger partial charge is 0.244 e. The van der Waals surface area contributed by atoms with E-state index >= 15 is 0 Å². The van der Waals surface area contributed by atoms with Crippen LogP contribution in [0.5, 0.6) is 11.5 Å². The first kappa shape index (κ1) is 23.5. The summed E-state index contributed by atoms with van der Waals surface area (Å²) < 4.78 is 38.7. The predicted octanol–water partition coefficient (Wildman–Crippen LogP) is 4.36. The Hall–Kier alpha value is -3.62. The standard InChI is InChI=1S/C26H25F2N3O3/c27-21-7-5-20(6-8-21)24(31-12-14-33-15-13-31)18-30-26(32)10-4-19-3-9-25(23(28)16-19)34-22-2-1-11-29-17-22/h1-11,16-17,24H,12-15,18H2,(H,30,32)/b10-4+. The van der Waals surface area contributed by atoms with Gasteiger partial charge in [-0.25, -0.2) is 8.78 Å². The molecule has 0 radical (unpaired) electrons. The lowest BCUT2D eigenvalue weighted by Gasteiger charge is -2.34. The minimum atomic E-state index is -0.546. The van der Waals surface area contributed by atoms with Gasteiger partial charge in [0.1, 0.15) is 11.6 Å². The van der Waals surface area contributed by atoms with Crippen LogP contribution >= 0.6 is 0 Å². The van der Waals surface area contributed by atoms with E-state index in [-0.39, 0.29) is 23.5 Å². The topological polar surface area (TPSA) is 63.7 Å². The molecule has 1 fully saturated rings. The van der Waals surface area contributed by atoms with Crippen molar-refractivity contribution >= 4 is 12.0 Å². The summed E-state index contributed by atoms with van der Waals surface area (Å²) in [6.45, 7) is 3.01. The summed E-state index contributed by atoms with van der Waals surface area (Å²) in [5.74, 6) is -0.658. The van der Waals surface area contributed by atoms with Crippen LogP contribution in [-0.2, 0) is 9.53 Å². The normalized spacial score (nSPS) is 15.2. The summed E-state index contributed by atoms with van der Waals surface area (Å²) in [6.07, 6.45) is 5.99. The monoisotopic (exact) mass is 465 g/mol. The third kappa shape index (κ3) is 6.46. The average Bonchev–Trinajstić information content (AvgIpc) is 2.87. The fourth-order valence-electron chi connectivity index (χ4n) is 3.70. The summed E-state index contributed by atoms with van der Waals surface area (Å²) in [5.41, 5.74) is 1.44. The Morgan fingerprint density at radius 3 is 2.65 bits per heavy atom. The Morgan fingerprint density at radius 2 is 1.94 bits per heavy atom. The Labute approximate surface area is 196 Å². The van der Waals surface area contributed by atoms with Gasteiger partial charge in [0.25, 0.3) is 0 Å². The average molecular weight is 466 g/mol. The lowest BCUT2D eigenvalue weighted by Crippen LogP contribution is -2.43. The van der Waals surface area contributed by atoms with Crippen LogP contribution in [-0.4, -0.2) is 48.6 Å². The van der Waals surface area contributed by atoms with Crippen LogP contribution in [0.2, 0.25) is 0 Å². The molecule has 0 aliphatic carbocycles. The van der Waals surface area contributed by atoms with Gasteiger partial charge < -0.3 is 14.8 Å². The highest BCUT2D eigenvalue weighted by atomic mass is 19.1. The molecule has 1 aliphatic heterocycles. The highest BCUT2D eigenvalue weighted by Crippen LogP contribution is 2.25. The predicted molar refractivity (Wildman–Crippen MR) is 124 cm³/mol.